The molecule has 156 valence electrons. The minimum absolute atomic E-state index is 0.193. The molecule has 1 saturated heterocycles. The normalized spacial score (nSPS) is 16.0. The van der Waals surface area contributed by atoms with E-state index in [1.165, 1.54) is 12.1 Å². The van der Waals surface area contributed by atoms with E-state index < -0.39 is 11.7 Å². The van der Waals surface area contributed by atoms with Crippen LogP contribution in [0.15, 0.2) is 42.5 Å². The number of carbonyl (C=O) groups excluding carboxylic acids is 1. The molecule has 2 aromatic rings. The van der Waals surface area contributed by atoms with Crippen LogP contribution in [0.25, 0.3) is 0 Å². The summed E-state index contributed by atoms with van der Waals surface area (Å²) in [5.41, 5.74) is 0.381. The van der Waals surface area contributed by atoms with E-state index in [1.54, 1.807) is 24.3 Å². The predicted octanol–water partition coefficient (Wildman–Crippen LogP) is 4.77. The second-order valence-corrected chi connectivity index (χ2v) is 7.71. The number of hydrogen-bond donors (Lipinski definition) is 1. The van der Waals surface area contributed by atoms with Gasteiger partial charge in [0.15, 0.2) is 0 Å². The van der Waals surface area contributed by atoms with Gasteiger partial charge in [0, 0.05) is 32.7 Å². The Morgan fingerprint density at radius 1 is 0.966 bits per heavy atom. The number of piperazine rings is 1. The number of carbonyl (C=O) groups is 1. The molecule has 1 fully saturated rings. The number of amides is 1. The summed E-state index contributed by atoms with van der Waals surface area (Å²) in [4.78, 5) is 16.4. The fourth-order valence-electron chi connectivity index (χ4n) is 3.21. The number of alkyl halides is 3. The van der Waals surface area contributed by atoms with Crippen molar-refractivity contribution in [3.05, 3.63) is 63.6 Å². The van der Waals surface area contributed by atoms with Crippen LogP contribution in [0.2, 0.25) is 10.0 Å². The molecule has 1 aliphatic rings. The van der Waals surface area contributed by atoms with E-state index in [4.69, 9.17) is 23.2 Å². The van der Waals surface area contributed by atoms with Gasteiger partial charge < -0.3 is 5.32 Å². The Balaban J connectivity index is 1.49. The number of anilines is 1. The van der Waals surface area contributed by atoms with Gasteiger partial charge in [-0.3, -0.25) is 14.6 Å². The average molecular weight is 446 g/mol. The first-order chi connectivity index (χ1) is 13.7. The Hall–Kier alpha value is -1.80. The van der Waals surface area contributed by atoms with E-state index in [2.05, 4.69) is 10.2 Å². The first-order valence-electron chi connectivity index (χ1n) is 9.07. The minimum Gasteiger partial charge on any atom is -0.322 e. The van der Waals surface area contributed by atoms with Crippen LogP contribution >= 0.6 is 23.2 Å². The Morgan fingerprint density at radius 2 is 1.55 bits per heavy atom. The zero-order chi connectivity index (χ0) is 21.0. The van der Waals surface area contributed by atoms with E-state index in [9.17, 15) is 18.0 Å². The van der Waals surface area contributed by atoms with Crippen molar-refractivity contribution in [1.29, 1.82) is 0 Å². The van der Waals surface area contributed by atoms with Gasteiger partial charge in [0.2, 0.25) is 5.91 Å². The number of nitrogens with one attached hydrogen (secondary N) is 1. The number of nitrogens with zero attached hydrogens (tertiary/aromatic N) is 2. The van der Waals surface area contributed by atoms with Gasteiger partial charge >= 0.3 is 6.18 Å². The minimum atomic E-state index is -4.34. The zero-order valence-corrected chi connectivity index (χ0v) is 17.0. The zero-order valence-electron chi connectivity index (χ0n) is 15.5. The second-order valence-electron chi connectivity index (χ2n) is 6.90. The summed E-state index contributed by atoms with van der Waals surface area (Å²) in [7, 11) is 0. The number of rotatable bonds is 5. The smallest absolute Gasteiger partial charge is 0.322 e. The van der Waals surface area contributed by atoms with Crippen LogP contribution < -0.4 is 5.32 Å². The Labute approximate surface area is 177 Å². The molecule has 1 N–H and O–H groups in total. The molecule has 1 amide bonds. The summed E-state index contributed by atoms with van der Waals surface area (Å²) < 4.78 is 38.6. The molecule has 29 heavy (non-hydrogen) atoms. The summed E-state index contributed by atoms with van der Waals surface area (Å²) in [6.07, 6.45) is -4.34. The quantitative estimate of drug-likeness (QED) is 0.719. The van der Waals surface area contributed by atoms with Gasteiger partial charge in [-0.25, -0.2) is 0 Å². The molecule has 1 heterocycles. The van der Waals surface area contributed by atoms with Gasteiger partial charge in [-0.05, 0) is 23.8 Å². The molecule has 0 aliphatic carbocycles. The van der Waals surface area contributed by atoms with E-state index in [1.807, 2.05) is 4.90 Å². The molecule has 0 unspecified atom stereocenters. The van der Waals surface area contributed by atoms with Crippen molar-refractivity contribution in [2.24, 2.45) is 0 Å². The SMILES string of the molecule is O=C(CN1CCN(Cc2cccc(C(F)(F)F)c2)CC1)Nc1c(Cl)cccc1Cl. The van der Waals surface area contributed by atoms with Crippen molar-refractivity contribution in [3.63, 3.8) is 0 Å². The van der Waals surface area contributed by atoms with Crippen LogP contribution in [-0.4, -0.2) is 48.4 Å². The maximum atomic E-state index is 12.9. The van der Waals surface area contributed by atoms with Crippen molar-refractivity contribution in [3.8, 4) is 0 Å². The van der Waals surface area contributed by atoms with Crippen LogP contribution in [0.4, 0.5) is 18.9 Å². The lowest BCUT2D eigenvalue weighted by molar-refractivity contribution is -0.137. The molecule has 3 rings (SSSR count). The summed E-state index contributed by atoms with van der Waals surface area (Å²) in [6, 6.07) is 10.4. The third-order valence-corrected chi connectivity index (χ3v) is 5.35. The standard InChI is InChI=1S/C20H20Cl2F3N3O/c21-16-5-2-6-17(22)19(16)26-18(29)13-28-9-7-27(8-10-28)12-14-3-1-4-15(11-14)20(23,24)25/h1-6,11H,7-10,12-13H2,(H,26,29). The molecule has 0 saturated carbocycles. The molecule has 0 radical (unpaired) electrons. The third-order valence-electron chi connectivity index (χ3n) is 4.72. The molecule has 0 bridgehead atoms. The van der Waals surface area contributed by atoms with Crippen molar-refractivity contribution in [1.82, 2.24) is 9.80 Å². The van der Waals surface area contributed by atoms with Gasteiger partial charge in [-0.2, -0.15) is 13.2 Å². The number of para-hydroxylation sites is 1. The largest absolute Gasteiger partial charge is 0.416 e. The molecule has 9 heteroatoms. The van der Waals surface area contributed by atoms with Gasteiger partial charge in [0.25, 0.3) is 0 Å². The van der Waals surface area contributed by atoms with Crippen molar-refractivity contribution < 1.29 is 18.0 Å². The molecule has 2 aromatic carbocycles. The lowest BCUT2D eigenvalue weighted by atomic mass is 10.1. The maximum absolute atomic E-state index is 12.9. The number of halogens is 5. The highest BCUT2D eigenvalue weighted by Crippen LogP contribution is 2.30. The van der Waals surface area contributed by atoms with Gasteiger partial charge in [-0.1, -0.05) is 47.5 Å². The second kappa shape index (κ2) is 9.34. The van der Waals surface area contributed by atoms with Crippen LogP contribution in [0.5, 0.6) is 0 Å². The summed E-state index contributed by atoms with van der Waals surface area (Å²) >= 11 is 12.1. The number of hydrogen-bond acceptors (Lipinski definition) is 3. The average Bonchev–Trinajstić information content (AvgIpc) is 2.66. The Morgan fingerprint density at radius 3 is 2.17 bits per heavy atom. The van der Waals surface area contributed by atoms with E-state index >= 15 is 0 Å². The summed E-state index contributed by atoms with van der Waals surface area (Å²) in [6.45, 7) is 3.25. The fraction of sp³-hybridized carbons (Fsp3) is 0.350. The first-order valence-corrected chi connectivity index (χ1v) is 9.82. The van der Waals surface area contributed by atoms with Gasteiger partial charge in [0.05, 0.1) is 27.8 Å². The molecular weight excluding hydrogens is 426 g/mol. The molecule has 4 nitrogen and oxygen atoms in total. The van der Waals surface area contributed by atoms with E-state index in [0.29, 0.717) is 54.0 Å². The topological polar surface area (TPSA) is 35.6 Å². The van der Waals surface area contributed by atoms with Crippen molar-refractivity contribution in [2.45, 2.75) is 12.7 Å². The highest BCUT2D eigenvalue weighted by atomic mass is 35.5. The Kier molecular flexibility index (Phi) is 7.05. The molecule has 0 atom stereocenters. The summed E-state index contributed by atoms with van der Waals surface area (Å²) in [5, 5.41) is 3.48. The van der Waals surface area contributed by atoms with E-state index in [0.717, 1.165) is 6.07 Å². The summed E-state index contributed by atoms with van der Waals surface area (Å²) in [5.74, 6) is -0.216. The highest BCUT2D eigenvalue weighted by Gasteiger charge is 2.30. The molecule has 1 aliphatic heterocycles. The third kappa shape index (κ3) is 6.09. The maximum Gasteiger partial charge on any atom is 0.416 e. The van der Waals surface area contributed by atoms with Gasteiger partial charge in [-0.15, -0.1) is 0 Å². The lowest BCUT2D eigenvalue weighted by Crippen LogP contribution is -2.48. The predicted molar refractivity (Wildman–Crippen MR) is 108 cm³/mol. The Bertz CT molecular complexity index is 848. The molecule has 0 aromatic heterocycles. The molecular formula is C20H20Cl2F3N3O. The van der Waals surface area contributed by atoms with Crippen molar-refractivity contribution >= 4 is 34.8 Å². The highest BCUT2D eigenvalue weighted by molar-refractivity contribution is 6.39. The monoisotopic (exact) mass is 445 g/mol. The fourth-order valence-corrected chi connectivity index (χ4v) is 3.70. The van der Waals surface area contributed by atoms with Crippen LogP contribution in [0, 0.1) is 0 Å². The molecule has 0 spiro atoms. The number of benzene rings is 2. The van der Waals surface area contributed by atoms with E-state index in [-0.39, 0.29) is 12.5 Å². The first kappa shape index (κ1) is 21.9. The lowest BCUT2D eigenvalue weighted by Gasteiger charge is -2.34. The van der Waals surface area contributed by atoms with Crippen LogP contribution in [0.3, 0.4) is 0 Å². The van der Waals surface area contributed by atoms with Crippen LogP contribution in [-0.2, 0) is 17.5 Å². The van der Waals surface area contributed by atoms with Crippen molar-refractivity contribution in [2.75, 3.05) is 38.0 Å². The van der Waals surface area contributed by atoms with Gasteiger partial charge in [0.1, 0.15) is 0 Å². The van der Waals surface area contributed by atoms with Crippen LogP contribution in [0.1, 0.15) is 11.1 Å².